The molecule has 0 saturated carbocycles. The van der Waals surface area contributed by atoms with E-state index in [9.17, 15) is 9.59 Å². The lowest BCUT2D eigenvalue weighted by atomic mass is 10.2. The van der Waals surface area contributed by atoms with Crippen LogP contribution in [0.15, 0.2) is 58.7 Å². The van der Waals surface area contributed by atoms with E-state index in [1.54, 1.807) is 30.6 Å². The number of para-hydroxylation sites is 1. The number of hydrogen-bond donors (Lipinski definition) is 1. The van der Waals surface area contributed by atoms with Crippen molar-refractivity contribution in [1.29, 1.82) is 0 Å². The zero-order valence-corrected chi connectivity index (χ0v) is 16.3. The second-order valence-corrected chi connectivity index (χ2v) is 7.45. The first-order valence-corrected chi connectivity index (χ1v) is 9.65. The number of rotatable bonds is 4. The number of amides is 1. The fourth-order valence-electron chi connectivity index (χ4n) is 2.90. The van der Waals surface area contributed by atoms with E-state index in [0.717, 1.165) is 10.6 Å². The minimum Gasteiger partial charge on any atom is -0.333 e. The Kier molecular flexibility index (Phi) is 4.75. The molecule has 0 atom stereocenters. The fraction of sp³-hybridized carbons (Fsp3) is 0.143. The van der Waals surface area contributed by atoms with Crippen molar-refractivity contribution in [3.05, 3.63) is 81.3 Å². The highest BCUT2D eigenvalue weighted by Crippen LogP contribution is 2.24. The van der Waals surface area contributed by atoms with Gasteiger partial charge in [-0.15, -0.1) is 11.3 Å². The molecule has 7 heteroatoms. The minimum absolute atomic E-state index is 0.191. The number of carbonyl (C=O) groups excluding carboxylic acids is 1. The van der Waals surface area contributed by atoms with Crippen LogP contribution in [0, 0.1) is 6.92 Å². The van der Waals surface area contributed by atoms with Gasteiger partial charge in [0.2, 0.25) is 0 Å². The molecule has 0 radical (unpaired) electrons. The third-order valence-corrected chi connectivity index (χ3v) is 5.31. The molecule has 0 fully saturated rings. The molecule has 140 valence electrons. The number of aromatic nitrogens is 3. The highest BCUT2D eigenvalue weighted by Gasteiger charge is 2.17. The third kappa shape index (κ3) is 3.57. The van der Waals surface area contributed by atoms with Crippen molar-refractivity contribution < 1.29 is 4.79 Å². The van der Waals surface area contributed by atoms with Crippen molar-refractivity contribution in [3.8, 4) is 10.6 Å². The van der Waals surface area contributed by atoms with Crippen LogP contribution in [0.3, 0.4) is 0 Å². The number of thiazole rings is 1. The Bertz CT molecular complexity index is 1210. The molecule has 0 saturated heterocycles. The Hall–Kier alpha value is -3.32. The Morgan fingerprint density at radius 3 is 2.64 bits per heavy atom. The van der Waals surface area contributed by atoms with Crippen molar-refractivity contribution in [2.24, 2.45) is 0 Å². The maximum Gasteiger partial charge on any atom is 0.273 e. The molecular formula is C21H18N4O2S. The molecule has 6 nitrogen and oxygen atoms in total. The van der Waals surface area contributed by atoms with Crippen LogP contribution in [0.2, 0.25) is 0 Å². The molecule has 0 aliphatic heterocycles. The summed E-state index contributed by atoms with van der Waals surface area (Å²) in [4.78, 5) is 38.1. The number of aromatic amines is 1. The van der Waals surface area contributed by atoms with Gasteiger partial charge in [-0.1, -0.05) is 42.0 Å². The van der Waals surface area contributed by atoms with E-state index in [4.69, 9.17) is 0 Å². The third-order valence-electron chi connectivity index (χ3n) is 4.42. The number of nitrogens with one attached hydrogen (secondary N) is 1. The van der Waals surface area contributed by atoms with Gasteiger partial charge in [-0.25, -0.2) is 9.97 Å². The van der Waals surface area contributed by atoms with E-state index in [-0.39, 0.29) is 18.0 Å². The predicted octanol–water partition coefficient (Wildman–Crippen LogP) is 3.63. The lowest BCUT2D eigenvalue weighted by Gasteiger charge is -2.15. The molecular weight excluding hydrogens is 372 g/mol. The molecule has 0 spiro atoms. The zero-order valence-electron chi connectivity index (χ0n) is 15.5. The van der Waals surface area contributed by atoms with Crippen LogP contribution < -0.4 is 5.56 Å². The van der Waals surface area contributed by atoms with Gasteiger partial charge < -0.3 is 9.88 Å². The number of benzene rings is 2. The summed E-state index contributed by atoms with van der Waals surface area (Å²) in [7, 11) is 1.67. The number of hydrogen-bond acceptors (Lipinski definition) is 5. The van der Waals surface area contributed by atoms with E-state index in [1.165, 1.54) is 21.8 Å². The van der Waals surface area contributed by atoms with Crippen LogP contribution in [-0.2, 0) is 6.54 Å². The molecule has 0 bridgehead atoms. The summed E-state index contributed by atoms with van der Waals surface area (Å²) in [5.41, 5.74) is 2.94. The molecule has 1 amide bonds. The average molecular weight is 390 g/mol. The molecule has 2 aromatic carbocycles. The average Bonchev–Trinajstić information content (AvgIpc) is 3.18. The summed E-state index contributed by atoms with van der Waals surface area (Å²) in [5.74, 6) is 0.221. The number of nitrogens with zero attached hydrogens (tertiary/aromatic N) is 3. The second kappa shape index (κ2) is 7.36. The molecule has 2 aromatic heterocycles. The summed E-state index contributed by atoms with van der Waals surface area (Å²) in [6.45, 7) is 2.22. The molecule has 1 N–H and O–H groups in total. The first kappa shape index (κ1) is 18.1. The summed E-state index contributed by atoms with van der Waals surface area (Å²) >= 11 is 1.43. The summed E-state index contributed by atoms with van der Waals surface area (Å²) < 4.78 is 0. The summed E-state index contributed by atoms with van der Waals surface area (Å²) in [5, 5.41) is 3.08. The SMILES string of the molecule is Cc1ccc(-c2nc(C(=O)N(C)Cc3nc4ccccc4c(=O)[nH]3)cs2)cc1. The van der Waals surface area contributed by atoms with Gasteiger partial charge in [0.1, 0.15) is 16.5 Å². The van der Waals surface area contributed by atoms with Gasteiger partial charge in [0.25, 0.3) is 11.5 Å². The normalized spacial score (nSPS) is 10.9. The van der Waals surface area contributed by atoms with Gasteiger partial charge in [-0.05, 0) is 19.1 Å². The number of aryl methyl sites for hydroxylation is 1. The topological polar surface area (TPSA) is 79.0 Å². The van der Waals surface area contributed by atoms with Crippen LogP contribution in [0.1, 0.15) is 21.9 Å². The van der Waals surface area contributed by atoms with Crippen molar-refractivity contribution >= 4 is 28.1 Å². The van der Waals surface area contributed by atoms with Gasteiger partial charge in [-0.3, -0.25) is 9.59 Å². The molecule has 0 aliphatic carbocycles. The highest BCUT2D eigenvalue weighted by molar-refractivity contribution is 7.13. The molecule has 28 heavy (non-hydrogen) atoms. The fourth-order valence-corrected chi connectivity index (χ4v) is 3.70. The van der Waals surface area contributed by atoms with Crippen LogP contribution in [0.25, 0.3) is 21.5 Å². The Balaban J connectivity index is 1.54. The van der Waals surface area contributed by atoms with Crippen molar-refractivity contribution in [3.63, 3.8) is 0 Å². The quantitative estimate of drug-likeness (QED) is 0.577. The van der Waals surface area contributed by atoms with Gasteiger partial charge in [0.05, 0.1) is 17.4 Å². The smallest absolute Gasteiger partial charge is 0.273 e. The van der Waals surface area contributed by atoms with Gasteiger partial charge in [-0.2, -0.15) is 0 Å². The number of H-pyrrole nitrogens is 1. The van der Waals surface area contributed by atoms with E-state index < -0.39 is 0 Å². The van der Waals surface area contributed by atoms with Crippen molar-refractivity contribution in [2.45, 2.75) is 13.5 Å². The summed E-state index contributed by atoms with van der Waals surface area (Å²) in [6, 6.07) is 15.2. The van der Waals surface area contributed by atoms with Crippen LogP contribution in [-0.4, -0.2) is 32.8 Å². The largest absolute Gasteiger partial charge is 0.333 e. The first-order valence-electron chi connectivity index (χ1n) is 8.77. The Morgan fingerprint density at radius 1 is 1.11 bits per heavy atom. The van der Waals surface area contributed by atoms with Gasteiger partial charge in [0, 0.05) is 18.0 Å². The standard InChI is InChI=1S/C21H18N4O2S/c1-13-7-9-14(10-8-13)20-23-17(12-28-20)21(27)25(2)11-18-22-16-6-4-3-5-15(16)19(26)24-18/h3-10,12H,11H2,1-2H3,(H,22,24,26). The maximum atomic E-state index is 12.7. The number of carbonyl (C=O) groups is 1. The highest BCUT2D eigenvalue weighted by atomic mass is 32.1. The molecule has 0 aliphatic rings. The van der Waals surface area contributed by atoms with Gasteiger partial charge >= 0.3 is 0 Å². The van der Waals surface area contributed by atoms with E-state index >= 15 is 0 Å². The number of fused-ring (bicyclic) bond motifs is 1. The Labute approximate surface area is 165 Å². The van der Waals surface area contributed by atoms with Crippen LogP contribution in [0.5, 0.6) is 0 Å². The van der Waals surface area contributed by atoms with E-state index in [1.807, 2.05) is 37.3 Å². The predicted molar refractivity (Wildman–Crippen MR) is 110 cm³/mol. The Morgan fingerprint density at radius 2 is 1.86 bits per heavy atom. The first-order chi connectivity index (χ1) is 13.5. The van der Waals surface area contributed by atoms with Crippen molar-refractivity contribution in [2.75, 3.05) is 7.05 Å². The lowest BCUT2D eigenvalue weighted by Crippen LogP contribution is -2.28. The second-order valence-electron chi connectivity index (χ2n) is 6.59. The van der Waals surface area contributed by atoms with Crippen LogP contribution >= 0.6 is 11.3 Å². The molecule has 2 heterocycles. The van der Waals surface area contributed by atoms with Gasteiger partial charge in [0.15, 0.2) is 0 Å². The zero-order chi connectivity index (χ0) is 19.7. The van der Waals surface area contributed by atoms with Crippen LogP contribution in [0.4, 0.5) is 0 Å². The van der Waals surface area contributed by atoms with E-state index in [0.29, 0.717) is 22.4 Å². The van der Waals surface area contributed by atoms with Crippen molar-refractivity contribution in [1.82, 2.24) is 19.9 Å². The monoisotopic (exact) mass is 390 g/mol. The minimum atomic E-state index is -0.217. The maximum absolute atomic E-state index is 12.7. The lowest BCUT2D eigenvalue weighted by molar-refractivity contribution is 0.0776. The molecule has 4 aromatic rings. The van der Waals surface area contributed by atoms with E-state index in [2.05, 4.69) is 15.0 Å². The molecule has 0 unspecified atom stereocenters. The summed E-state index contributed by atoms with van der Waals surface area (Å²) in [6.07, 6.45) is 0. The molecule has 4 rings (SSSR count).